The van der Waals surface area contributed by atoms with E-state index in [2.05, 4.69) is 0 Å². The zero-order valence-corrected chi connectivity index (χ0v) is 13.1. The quantitative estimate of drug-likeness (QED) is 0.863. The highest BCUT2D eigenvalue weighted by atomic mass is 16.6. The summed E-state index contributed by atoms with van der Waals surface area (Å²) in [7, 11) is 0. The van der Waals surface area contributed by atoms with Crippen molar-refractivity contribution in [3.8, 4) is 0 Å². The maximum absolute atomic E-state index is 12.4. The maximum atomic E-state index is 12.4. The van der Waals surface area contributed by atoms with Crippen molar-refractivity contribution < 1.29 is 19.4 Å². The van der Waals surface area contributed by atoms with Gasteiger partial charge < -0.3 is 9.84 Å². The average Bonchev–Trinajstić information content (AvgIpc) is 2.65. The van der Waals surface area contributed by atoms with E-state index >= 15 is 0 Å². The topological polar surface area (TPSA) is 66.8 Å². The van der Waals surface area contributed by atoms with Crippen LogP contribution in [-0.4, -0.2) is 28.8 Å². The number of benzene rings is 1. The summed E-state index contributed by atoms with van der Waals surface area (Å²) < 4.78 is 5.37. The van der Waals surface area contributed by atoms with Crippen LogP contribution in [0.1, 0.15) is 37.5 Å². The molecule has 2 rings (SSSR count). The molecule has 0 aromatic heterocycles. The molecule has 21 heavy (non-hydrogen) atoms. The summed E-state index contributed by atoms with van der Waals surface area (Å²) in [4.78, 5) is 25.2. The molecule has 1 aromatic carbocycles. The molecule has 0 saturated heterocycles. The van der Waals surface area contributed by atoms with Gasteiger partial charge in [-0.1, -0.05) is 17.7 Å². The van der Waals surface area contributed by atoms with Gasteiger partial charge in [-0.05, 0) is 45.7 Å². The maximum Gasteiger partial charge on any atom is 0.415 e. The summed E-state index contributed by atoms with van der Waals surface area (Å²) in [5.41, 5.74) is 2.83. The van der Waals surface area contributed by atoms with E-state index in [1.54, 1.807) is 20.8 Å². The zero-order valence-electron chi connectivity index (χ0n) is 13.1. The van der Waals surface area contributed by atoms with Gasteiger partial charge in [0.1, 0.15) is 11.6 Å². The number of amides is 1. The van der Waals surface area contributed by atoms with E-state index in [0.717, 1.165) is 16.7 Å². The molecule has 0 bridgehead atoms. The molecule has 114 valence electrons. The van der Waals surface area contributed by atoms with Gasteiger partial charge in [0.15, 0.2) is 0 Å². The molecular weight excluding hydrogens is 270 g/mol. The van der Waals surface area contributed by atoms with Crippen LogP contribution in [0.5, 0.6) is 0 Å². The van der Waals surface area contributed by atoms with Gasteiger partial charge in [-0.15, -0.1) is 0 Å². The number of fused-ring (bicyclic) bond motifs is 1. The molecule has 0 saturated carbocycles. The van der Waals surface area contributed by atoms with Gasteiger partial charge in [0.2, 0.25) is 0 Å². The first kappa shape index (κ1) is 15.4. The van der Waals surface area contributed by atoms with Crippen LogP contribution >= 0.6 is 0 Å². The lowest BCUT2D eigenvalue weighted by molar-refractivity contribution is -0.138. The number of carbonyl (C=O) groups is 2. The molecule has 0 aliphatic carbocycles. The van der Waals surface area contributed by atoms with E-state index in [1.807, 2.05) is 26.0 Å². The average molecular weight is 291 g/mol. The van der Waals surface area contributed by atoms with E-state index in [9.17, 15) is 14.7 Å². The summed E-state index contributed by atoms with van der Waals surface area (Å²) in [6.07, 6.45) is -0.299. The van der Waals surface area contributed by atoms with Crippen LogP contribution in [0.3, 0.4) is 0 Å². The van der Waals surface area contributed by atoms with Crippen LogP contribution in [0.2, 0.25) is 0 Å². The highest BCUT2D eigenvalue weighted by Crippen LogP contribution is 2.37. The largest absolute Gasteiger partial charge is 0.480 e. The monoisotopic (exact) mass is 291 g/mol. The lowest BCUT2D eigenvalue weighted by Crippen LogP contribution is -2.45. The second-order valence-corrected chi connectivity index (χ2v) is 6.50. The van der Waals surface area contributed by atoms with Crippen molar-refractivity contribution in [3.05, 3.63) is 28.8 Å². The number of carboxylic acids is 1. The lowest BCUT2D eigenvalue weighted by atomic mass is 10.0. The van der Waals surface area contributed by atoms with Gasteiger partial charge in [-0.2, -0.15) is 0 Å². The second kappa shape index (κ2) is 5.06. The summed E-state index contributed by atoms with van der Waals surface area (Å²) in [5.74, 6) is -1.02. The van der Waals surface area contributed by atoms with Gasteiger partial charge in [0.05, 0.1) is 5.69 Å². The Labute approximate surface area is 124 Å². The Hall–Kier alpha value is -2.04. The third-order valence-electron chi connectivity index (χ3n) is 3.36. The molecule has 0 radical (unpaired) electrons. The normalized spacial score (nSPS) is 17.6. The molecule has 1 aliphatic rings. The highest BCUT2D eigenvalue weighted by Gasteiger charge is 2.41. The van der Waals surface area contributed by atoms with Crippen molar-refractivity contribution in [2.24, 2.45) is 0 Å². The zero-order chi connectivity index (χ0) is 15.9. The van der Waals surface area contributed by atoms with Crippen LogP contribution in [0, 0.1) is 13.8 Å². The highest BCUT2D eigenvalue weighted by molar-refractivity contribution is 5.99. The molecule has 1 amide bonds. The third kappa shape index (κ3) is 3.01. The van der Waals surface area contributed by atoms with Crippen molar-refractivity contribution in [2.45, 2.75) is 52.7 Å². The Morgan fingerprint density at radius 3 is 2.43 bits per heavy atom. The number of hydrogen-bond donors (Lipinski definition) is 1. The smallest absolute Gasteiger partial charge is 0.415 e. The Kier molecular flexibility index (Phi) is 3.70. The number of aryl methyl sites for hydroxylation is 2. The van der Waals surface area contributed by atoms with E-state index in [-0.39, 0.29) is 0 Å². The fourth-order valence-corrected chi connectivity index (χ4v) is 2.73. The van der Waals surface area contributed by atoms with Crippen molar-refractivity contribution >= 4 is 17.7 Å². The van der Waals surface area contributed by atoms with Gasteiger partial charge in [0.25, 0.3) is 0 Å². The molecule has 5 nitrogen and oxygen atoms in total. The summed E-state index contributed by atoms with van der Waals surface area (Å²) in [5, 5.41) is 9.41. The first-order valence-electron chi connectivity index (χ1n) is 6.95. The van der Waals surface area contributed by atoms with E-state index in [0.29, 0.717) is 12.1 Å². The molecule has 1 unspecified atom stereocenters. The van der Waals surface area contributed by atoms with Crippen molar-refractivity contribution in [2.75, 3.05) is 4.90 Å². The molecule has 1 N–H and O–H groups in total. The number of carbonyl (C=O) groups excluding carboxylic acids is 1. The molecule has 1 atom stereocenters. The third-order valence-corrected chi connectivity index (χ3v) is 3.36. The number of aliphatic carboxylic acids is 1. The number of carboxylic acid groups (broad SMARTS) is 1. The Morgan fingerprint density at radius 2 is 1.90 bits per heavy atom. The number of rotatable bonds is 1. The predicted molar refractivity (Wildman–Crippen MR) is 79.8 cm³/mol. The van der Waals surface area contributed by atoms with Gasteiger partial charge in [-0.3, -0.25) is 4.90 Å². The molecule has 5 heteroatoms. The number of ether oxygens (including phenoxy) is 1. The van der Waals surface area contributed by atoms with E-state index in [1.165, 1.54) is 4.90 Å². The fourth-order valence-electron chi connectivity index (χ4n) is 2.73. The van der Waals surface area contributed by atoms with Gasteiger partial charge >= 0.3 is 12.1 Å². The van der Waals surface area contributed by atoms with Crippen LogP contribution in [0.4, 0.5) is 10.5 Å². The second-order valence-electron chi connectivity index (χ2n) is 6.50. The van der Waals surface area contributed by atoms with Gasteiger partial charge in [0, 0.05) is 6.42 Å². The molecule has 0 fully saturated rings. The summed E-state index contributed by atoms with van der Waals surface area (Å²) in [6, 6.07) is 2.97. The van der Waals surface area contributed by atoms with Crippen LogP contribution in [-0.2, 0) is 16.0 Å². The Balaban J connectivity index is 2.47. The molecule has 1 aromatic rings. The molecule has 1 heterocycles. The summed E-state index contributed by atoms with van der Waals surface area (Å²) >= 11 is 0. The minimum Gasteiger partial charge on any atom is -0.480 e. The van der Waals surface area contributed by atoms with Crippen LogP contribution < -0.4 is 4.90 Å². The first-order valence-corrected chi connectivity index (χ1v) is 6.95. The van der Waals surface area contributed by atoms with Crippen molar-refractivity contribution in [1.82, 2.24) is 0 Å². The predicted octanol–water partition coefficient (Wildman–Crippen LogP) is 3.05. The van der Waals surface area contributed by atoms with Gasteiger partial charge in [-0.25, -0.2) is 9.59 Å². The lowest BCUT2D eigenvalue weighted by Gasteiger charge is -2.28. The van der Waals surface area contributed by atoms with Crippen molar-refractivity contribution in [1.29, 1.82) is 0 Å². The number of anilines is 1. The molecule has 0 spiro atoms. The van der Waals surface area contributed by atoms with E-state index < -0.39 is 23.7 Å². The number of nitrogens with zero attached hydrogens (tertiary/aromatic N) is 1. The van der Waals surface area contributed by atoms with E-state index in [4.69, 9.17) is 4.74 Å². The molecular formula is C16H21NO4. The first-order chi connectivity index (χ1) is 9.60. The SMILES string of the molecule is Cc1cc(C)c2c(c1)CC(C(=O)O)N2C(=O)OC(C)(C)C. The summed E-state index contributed by atoms with van der Waals surface area (Å²) in [6.45, 7) is 9.13. The molecule has 1 aliphatic heterocycles. The van der Waals surface area contributed by atoms with Crippen molar-refractivity contribution in [3.63, 3.8) is 0 Å². The standard InChI is InChI=1S/C16H21NO4/c1-9-6-10(2)13-11(7-9)8-12(14(18)19)17(13)15(20)21-16(3,4)5/h6-7,12H,8H2,1-5H3,(H,18,19). The Morgan fingerprint density at radius 1 is 1.29 bits per heavy atom. The van der Waals surface area contributed by atoms with Crippen LogP contribution in [0.25, 0.3) is 0 Å². The van der Waals surface area contributed by atoms with Crippen LogP contribution in [0.15, 0.2) is 12.1 Å². The Bertz CT molecular complexity index is 601. The minimum atomic E-state index is -1.02. The minimum absolute atomic E-state index is 0.312. The number of hydrogen-bond acceptors (Lipinski definition) is 3. The fraction of sp³-hybridized carbons (Fsp3) is 0.500.